The Labute approximate surface area is 114 Å². The number of nitrogens with two attached hydrogens (primary N) is 1. The lowest BCUT2D eigenvalue weighted by Crippen LogP contribution is -2.23. The molecule has 0 radical (unpaired) electrons. The van der Waals surface area contributed by atoms with Crippen molar-refractivity contribution in [1.82, 2.24) is 0 Å². The lowest BCUT2D eigenvalue weighted by molar-refractivity contribution is 0.591. The second-order valence-corrected chi connectivity index (χ2v) is 8.01. The van der Waals surface area contributed by atoms with Crippen molar-refractivity contribution in [3.63, 3.8) is 0 Å². The summed E-state index contributed by atoms with van der Waals surface area (Å²) >= 11 is 1.73. The number of thioether (sulfide) groups is 1. The molecule has 18 heavy (non-hydrogen) atoms. The van der Waals surface area contributed by atoms with Crippen LogP contribution in [-0.4, -0.2) is 32.2 Å². The highest BCUT2D eigenvalue weighted by Crippen LogP contribution is 2.20. The molecule has 0 saturated carbocycles. The molecule has 1 aromatic carbocycles. The Hall–Kier alpha value is -0.520. The molecule has 0 aromatic heterocycles. The van der Waals surface area contributed by atoms with Gasteiger partial charge in [-0.2, -0.15) is 0 Å². The molecule has 0 heterocycles. The highest BCUT2D eigenvalue weighted by atomic mass is 32.2. The van der Waals surface area contributed by atoms with Crippen LogP contribution in [0.25, 0.3) is 0 Å². The lowest BCUT2D eigenvalue weighted by atomic mass is 10.2. The van der Waals surface area contributed by atoms with Crippen molar-refractivity contribution in [2.24, 2.45) is 5.73 Å². The number of sulfone groups is 1. The number of rotatable bonds is 7. The standard InChI is InChI=1S/C13H21NO2S2/c1-11-5-3-7-13(9-11)17-10-12(14)6-4-8-18(2,15)16/h3,5,7,9,12H,4,6,8,10,14H2,1-2H3. The van der Waals surface area contributed by atoms with E-state index in [0.29, 0.717) is 6.42 Å². The molecule has 0 bridgehead atoms. The quantitative estimate of drug-likeness (QED) is 0.781. The van der Waals surface area contributed by atoms with Crippen LogP contribution in [0, 0.1) is 6.92 Å². The van der Waals surface area contributed by atoms with Crippen LogP contribution in [0.1, 0.15) is 18.4 Å². The fourth-order valence-corrected chi connectivity index (χ4v) is 3.31. The third-order valence-electron chi connectivity index (χ3n) is 2.54. The van der Waals surface area contributed by atoms with Gasteiger partial charge in [-0.3, -0.25) is 0 Å². The van der Waals surface area contributed by atoms with Gasteiger partial charge in [0.2, 0.25) is 0 Å². The first-order chi connectivity index (χ1) is 8.37. The zero-order chi connectivity index (χ0) is 13.6. The van der Waals surface area contributed by atoms with E-state index in [1.807, 2.05) is 6.07 Å². The predicted octanol–water partition coefficient (Wildman–Crippen LogP) is 2.24. The number of benzene rings is 1. The molecular weight excluding hydrogens is 266 g/mol. The maximum atomic E-state index is 11.0. The molecule has 5 heteroatoms. The van der Waals surface area contributed by atoms with E-state index < -0.39 is 9.84 Å². The van der Waals surface area contributed by atoms with Crippen LogP contribution in [0.15, 0.2) is 29.2 Å². The highest BCUT2D eigenvalue weighted by molar-refractivity contribution is 7.99. The minimum absolute atomic E-state index is 0.0530. The van der Waals surface area contributed by atoms with Gasteiger partial charge in [0, 0.05) is 28.7 Å². The van der Waals surface area contributed by atoms with Crippen molar-refractivity contribution in [1.29, 1.82) is 0 Å². The Morgan fingerprint density at radius 2 is 2.11 bits per heavy atom. The van der Waals surface area contributed by atoms with Crippen molar-refractivity contribution in [2.45, 2.75) is 30.7 Å². The molecule has 0 fully saturated rings. The zero-order valence-electron chi connectivity index (χ0n) is 10.9. The van der Waals surface area contributed by atoms with Crippen molar-refractivity contribution in [3.8, 4) is 0 Å². The van der Waals surface area contributed by atoms with Crippen LogP contribution in [0.2, 0.25) is 0 Å². The minimum atomic E-state index is -2.85. The molecule has 0 spiro atoms. The van der Waals surface area contributed by atoms with E-state index in [1.165, 1.54) is 16.7 Å². The summed E-state index contributed by atoms with van der Waals surface area (Å²) < 4.78 is 22.0. The first kappa shape index (κ1) is 15.5. The summed E-state index contributed by atoms with van der Waals surface area (Å²) in [7, 11) is -2.85. The molecule has 0 aliphatic carbocycles. The molecule has 2 N–H and O–H groups in total. The van der Waals surface area contributed by atoms with Crippen LogP contribution in [0.5, 0.6) is 0 Å². The Morgan fingerprint density at radius 1 is 1.39 bits per heavy atom. The van der Waals surface area contributed by atoms with Crippen molar-refractivity contribution in [2.75, 3.05) is 17.8 Å². The summed E-state index contributed by atoms with van der Waals surface area (Å²) in [5, 5.41) is 0. The Morgan fingerprint density at radius 3 is 2.72 bits per heavy atom. The van der Waals surface area contributed by atoms with Gasteiger partial charge >= 0.3 is 0 Å². The van der Waals surface area contributed by atoms with Crippen LogP contribution in [0.3, 0.4) is 0 Å². The summed E-state index contributed by atoms with van der Waals surface area (Å²) in [6.07, 6.45) is 2.67. The first-order valence-electron chi connectivity index (χ1n) is 5.99. The number of hydrogen-bond donors (Lipinski definition) is 1. The summed E-state index contributed by atoms with van der Waals surface area (Å²) in [5.41, 5.74) is 7.21. The van der Waals surface area contributed by atoms with Gasteiger partial charge in [0.15, 0.2) is 0 Å². The maximum Gasteiger partial charge on any atom is 0.147 e. The molecule has 1 aromatic rings. The van der Waals surface area contributed by atoms with E-state index in [0.717, 1.165) is 12.2 Å². The molecule has 102 valence electrons. The SMILES string of the molecule is Cc1cccc(SCC(N)CCCS(C)(=O)=O)c1. The molecule has 0 aliphatic heterocycles. The fraction of sp³-hybridized carbons (Fsp3) is 0.538. The van der Waals surface area contributed by atoms with E-state index >= 15 is 0 Å². The molecule has 1 rings (SSSR count). The highest BCUT2D eigenvalue weighted by Gasteiger charge is 2.07. The second kappa shape index (κ2) is 7.16. The van der Waals surface area contributed by atoms with Crippen molar-refractivity contribution >= 4 is 21.6 Å². The molecule has 0 aliphatic rings. The van der Waals surface area contributed by atoms with Gasteiger partial charge in [-0.25, -0.2) is 8.42 Å². The molecule has 1 atom stereocenters. The monoisotopic (exact) mass is 287 g/mol. The topological polar surface area (TPSA) is 60.2 Å². The normalized spacial score (nSPS) is 13.5. The largest absolute Gasteiger partial charge is 0.327 e. The average molecular weight is 287 g/mol. The van der Waals surface area contributed by atoms with Gasteiger partial charge in [0.25, 0.3) is 0 Å². The zero-order valence-corrected chi connectivity index (χ0v) is 12.6. The maximum absolute atomic E-state index is 11.0. The fourth-order valence-electron chi connectivity index (χ4n) is 1.60. The van der Waals surface area contributed by atoms with Crippen LogP contribution < -0.4 is 5.73 Å². The third-order valence-corrected chi connectivity index (χ3v) is 4.76. The van der Waals surface area contributed by atoms with Gasteiger partial charge in [0.05, 0.1) is 0 Å². The molecular formula is C13H21NO2S2. The minimum Gasteiger partial charge on any atom is -0.327 e. The molecule has 1 unspecified atom stereocenters. The summed E-state index contributed by atoms with van der Waals surface area (Å²) in [5.74, 6) is 1.06. The smallest absolute Gasteiger partial charge is 0.147 e. The van der Waals surface area contributed by atoms with E-state index in [9.17, 15) is 8.42 Å². The predicted molar refractivity (Wildman–Crippen MR) is 78.8 cm³/mol. The van der Waals surface area contributed by atoms with Crippen molar-refractivity contribution in [3.05, 3.63) is 29.8 Å². The Kier molecular flexibility index (Phi) is 6.18. The lowest BCUT2D eigenvalue weighted by Gasteiger charge is -2.11. The second-order valence-electron chi connectivity index (χ2n) is 4.66. The Bertz CT molecular complexity index is 472. The van der Waals surface area contributed by atoms with Crippen molar-refractivity contribution < 1.29 is 8.42 Å². The third kappa shape index (κ3) is 7.03. The molecule has 0 saturated heterocycles. The van der Waals surface area contributed by atoms with Gasteiger partial charge in [-0.15, -0.1) is 11.8 Å². The van der Waals surface area contributed by atoms with Gasteiger partial charge in [-0.1, -0.05) is 17.7 Å². The van der Waals surface area contributed by atoms with E-state index in [-0.39, 0.29) is 11.8 Å². The Balaban J connectivity index is 2.27. The number of hydrogen-bond acceptors (Lipinski definition) is 4. The summed E-state index contributed by atoms with van der Waals surface area (Å²) in [4.78, 5) is 1.22. The van der Waals surface area contributed by atoms with Gasteiger partial charge in [0.1, 0.15) is 9.84 Å². The molecule has 3 nitrogen and oxygen atoms in total. The van der Waals surface area contributed by atoms with Crippen LogP contribution >= 0.6 is 11.8 Å². The summed E-state index contributed by atoms with van der Waals surface area (Å²) in [6, 6.07) is 8.36. The van der Waals surface area contributed by atoms with Crippen LogP contribution in [0.4, 0.5) is 0 Å². The van der Waals surface area contributed by atoms with E-state index in [1.54, 1.807) is 11.8 Å². The number of aryl methyl sites for hydroxylation is 1. The average Bonchev–Trinajstić information content (AvgIpc) is 2.25. The van der Waals surface area contributed by atoms with E-state index in [2.05, 4.69) is 25.1 Å². The first-order valence-corrected chi connectivity index (χ1v) is 9.04. The molecule has 0 amide bonds. The van der Waals surface area contributed by atoms with Crippen LogP contribution in [-0.2, 0) is 9.84 Å². The summed E-state index contributed by atoms with van der Waals surface area (Å²) in [6.45, 7) is 2.07. The van der Waals surface area contributed by atoms with Gasteiger partial charge < -0.3 is 5.73 Å². The van der Waals surface area contributed by atoms with Gasteiger partial charge in [-0.05, 0) is 31.9 Å². The van der Waals surface area contributed by atoms with E-state index in [4.69, 9.17) is 5.73 Å².